The zero-order valence-electron chi connectivity index (χ0n) is 13.0. The molecule has 1 aromatic carbocycles. The fourth-order valence-electron chi connectivity index (χ4n) is 3.39. The second-order valence-electron chi connectivity index (χ2n) is 6.31. The molecule has 0 radical (unpaired) electrons. The van der Waals surface area contributed by atoms with Gasteiger partial charge in [0.05, 0.1) is 13.7 Å². The average Bonchev–Trinajstić information content (AvgIpc) is 3.18. The minimum atomic E-state index is -3.58. The number of methoxy groups -OCH3 is 1. The third-order valence-corrected chi connectivity index (χ3v) is 6.10. The van der Waals surface area contributed by atoms with Crippen molar-refractivity contribution in [1.29, 1.82) is 0 Å². The molecule has 6 nitrogen and oxygen atoms in total. The molecule has 23 heavy (non-hydrogen) atoms. The van der Waals surface area contributed by atoms with Gasteiger partial charge in [0.1, 0.15) is 5.75 Å². The Morgan fingerprint density at radius 3 is 2.70 bits per heavy atom. The van der Waals surface area contributed by atoms with Gasteiger partial charge < -0.3 is 9.47 Å². The van der Waals surface area contributed by atoms with Gasteiger partial charge in [0.15, 0.2) is 11.6 Å². The Morgan fingerprint density at radius 1 is 1.39 bits per heavy atom. The summed E-state index contributed by atoms with van der Waals surface area (Å²) in [5.74, 6) is 0.723. The van der Waals surface area contributed by atoms with E-state index in [4.69, 9.17) is 14.6 Å². The van der Waals surface area contributed by atoms with Crippen molar-refractivity contribution in [3.63, 3.8) is 0 Å². The third-order valence-electron chi connectivity index (χ3n) is 5.01. The highest BCUT2D eigenvalue weighted by atomic mass is 32.2. The maximum absolute atomic E-state index is 13.4. The van der Waals surface area contributed by atoms with E-state index in [0.29, 0.717) is 31.4 Å². The Kier molecular flexibility index (Phi) is 4.24. The van der Waals surface area contributed by atoms with E-state index in [-0.39, 0.29) is 11.2 Å². The van der Waals surface area contributed by atoms with Crippen LogP contribution in [0.1, 0.15) is 19.3 Å². The van der Waals surface area contributed by atoms with Gasteiger partial charge in [-0.3, -0.25) is 0 Å². The lowest BCUT2D eigenvalue weighted by molar-refractivity contribution is 0.208. The van der Waals surface area contributed by atoms with E-state index in [0.717, 1.165) is 19.3 Å². The Hall–Kier alpha value is -1.38. The Bertz CT molecular complexity index is 687. The number of rotatable bonds is 5. The molecule has 1 aliphatic carbocycles. The summed E-state index contributed by atoms with van der Waals surface area (Å²) in [5.41, 5.74) is 0.172. The van der Waals surface area contributed by atoms with Crippen molar-refractivity contribution < 1.29 is 22.3 Å². The molecule has 2 N–H and O–H groups in total. The van der Waals surface area contributed by atoms with Crippen LogP contribution in [0.25, 0.3) is 0 Å². The molecule has 0 bridgehead atoms. The van der Waals surface area contributed by atoms with Crippen LogP contribution in [0.5, 0.6) is 11.5 Å². The number of hydrogen-bond acceptors (Lipinski definition) is 4. The Labute approximate surface area is 135 Å². The zero-order chi connectivity index (χ0) is 16.7. The van der Waals surface area contributed by atoms with Crippen LogP contribution in [0.3, 0.4) is 0 Å². The van der Waals surface area contributed by atoms with E-state index >= 15 is 0 Å². The molecule has 1 aromatic rings. The molecule has 1 aliphatic heterocycles. The van der Waals surface area contributed by atoms with Crippen molar-refractivity contribution in [3.8, 4) is 11.5 Å². The smallest absolute Gasteiger partial charge is 0.276 e. The molecule has 1 atom stereocenters. The van der Waals surface area contributed by atoms with E-state index in [1.165, 1.54) is 23.5 Å². The first kappa shape index (κ1) is 16.5. The molecule has 128 valence electrons. The molecule has 1 saturated carbocycles. The van der Waals surface area contributed by atoms with Crippen molar-refractivity contribution in [2.45, 2.75) is 19.3 Å². The van der Waals surface area contributed by atoms with Gasteiger partial charge in [0.25, 0.3) is 10.2 Å². The summed E-state index contributed by atoms with van der Waals surface area (Å²) in [6.07, 6.45) is 2.65. The first-order valence-electron chi connectivity index (χ1n) is 7.58. The first-order valence-corrected chi connectivity index (χ1v) is 9.09. The monoisotopic (exact) mass is 344 g/mol. The van der Waals surface area contributed by atoms with Crippen molar-refractivity contribution in [1.82, 2.24) is 4.31 Å². The van der Waals surface area contributed by atoms with Crippen LogP contribution in [-0.2, 0) is 10.2 Å². The molecule has 2 fully saturated rings. The van der Waals surface area contributed by atoms with Crippen LogP contribution in [0, 0.1) is 17.2 Å². The van der Waals surface area contributed by atoms with Crippen molar-refractivity contribution >= 4 is 10.2 Å². The van der Waals surface area contributed by atoms with E-state index < -0.39 is 16.0 Å². The van der Waals surface area contributed by atoms with Gasteiger partial charge in [-0.15, -0.1) is 0 Å². The van der Waals surface area contributed by atoms with E-state index in [9.17, 15) is 12.8 Å². The quantitative estimate of drug-likeness (QED) is 0.878. The first-order chi connectivity index (χ1) is 10.8. The van der Waals surface area contributed by atoms with Gasteiger partial charge in [-0.05, 0) is 42.7 Å². The highest BCUT2D eigenvalue weighted by Gasteiger charge is 2.55. The number of nitrogens with two attached hydrogens (primary N) is 1. The van der Waals surface area contributed by atoms with Crippen LogP contribution in [0.4, 0.5) is 4.39 Å². The molecule has 1 heterocycles. The topological polar surface area (TPSA) is 81.9 Å². The predicted molar refractivity (Wildman–Crippen MR) is 82.9 cm³/mol. The minimum absolute atomic E-state index is 0.162. The lowest BCUT2D eigenvalue weighted by Crippen LogP contribution is -2.43. The van der Waals surface area contributed by atoms with Crippen LogP contribution in [0.2, 0.25) is 0 Å². The molecule has 2 aliphatic rings. The second-order valence-corrected chi connectivity index (χ2v) is 7.86. The van der Waals surface area contributed by atoms with Gasteiger partial charge >= 0.3 is 0 Å². The molecular weight excluding hydrogens is 323 g/mol. The van der Waals surface area contributed by atoms with Crippen molar-refractivity contribution in [2.24, 2.45) is 16.5 Å². The van der Waals surface area contributed by atoms with Gasteiger partial charge in [-0.2, -0.15) is 12.7 Å². The van der Waals surface area contributed by atoms with Gasteiger partial charge in [-0.25, -0.2) is 9.53 Å². The van der Waals surface area contributed by atoms with E-state index in [1.54, 1.807) is 6.07 Å². The fourth-order valence-corrected chi connectivity index (χ4v) is 4.08. The Morgan fingerprint density at radius 2 is 2.09 bits per heavy atom. The third kappa shape index (κ3) is 3.44. The predicted octanol–water partition coefficient (Wildman–Crippen LogP) is 1.52. The summed E-state index contributed by atoms with van der Waals surface area (Å²) in [7, 11) is -2.17. The molecule has 0 amide bonds. The Balaban J connectivity index is 1.52. The summed E-state index contributed by atoms with van der Waals surface area (Å²) in [6, 6.07) is 4.44. The van der Waals surface area contributed by atoms with Crippen LogP contribution < -0.4 is 14.6 Å². The summed E-state index contributed by atoms with van der Waals surface area (Å²) in [5, 5.41) is 5.16. The zero-order valence-corrected chi connectivity index (χ0v) is 13.8. The molecule has 8 heteroatoms. The molecule has 3 rings (SSSR count). The molecule has 1 saturated heterocycles. The van der Waals surface area contributed by atoms with Crippen LogP contribution in [0.15, 0.2) is 18.2 Å². The molecule has 0 aromatic heterocycles. The summed E-state index contributed by atoms with van der Waals surface area (Å²) in [4.78, 5) is 0. The number of nitrogens with zero attached hydrogens (tertiary/aromatic N) is 1. The molecule has 1 spiro atoms. The number of hydrogen-bond donors (Lipinski definition) is 1. The van der Waals surface area contributed by atoms with Gasteiger partial charge in [0, 0.05) is 19.2 Å². The number of ether oxygens (including phenoxy) is 2. The van der Waals surface area contributed by atoms with Crippen molar-refractivity contribution in [3.05, 3.63) is 24.0 Å². The summed E-state index contributed by atoms with van der Waals surface area (Å²) in [6.45, 7) is 1.49. The second kappa shape index (κ2) is 5.92. The normalized spacial score (nSPS) is 23.7. The average molecular weight is 344 g/mol. The highest BCUT2D eigenvalue weighted by molar-refractivity contribution is 7.86. The van der Waals surface area contributed by atoms with E-state index in [2.05, 4.69) is 0 Å². The standard InChI is InChI=1S/C15H21FN2O4S/c1-21-14-8-12(2-3-13(14)16)22-10-11-9-15(11)4-6-18(7-5-15)23(17,19)20/h2-3,8,11H,4-7,9-10H2,1H3,(H2,17,19,20)/t11-/m1/s1. The molecule has 0 unspecified atom stereocenters. The van der Waals surface area contributed by atoms with Crippen LogP contribution in [-0.4, -0.2) is 39.5 Å². The lowest BCUT2D eigenvalue weighted by Gasteiger charge is -2.30. The summed E-state index contributed by atoms with van der Waals surface area (Å²) < 4.78 is 48.0. The van der Waals surface area contributed by atoms with Crippen molar-refractivity contribution in [2.75, 3.05) is 26.8 Å². The highest BCUT2D eigenvalue weighted by Crippen LogP contribution is 2.59. The largest absolute Gasteiger partial charge is 0.494 e. The lowest BCUT2D eigenvalue weighted by atomic mass is 9.92. The minimum Gasteiger partial charge on any atom is -0.494 e. The van der Waals surface area contributed by atoms with Gasteiger partial charge in [0.2, 0.25) is 0 Å². The molecular formula is C15H21FN2O4S. The maximum atomic E-state index is 13.4. The van der Waals surface area contributed by atoms with E-state index in [1.807, 2.05) is 0 Å². The number of piperidine rings is 1. The number of halogens is 1. The maximum Gasteiger partial charge on any atom is 0.276 e. The van der Waals surface area contributed by atoms with Gasteiger partial charge in [-0.1, -0.05) is 0 Å². The number of benzene rings is 1. The van der Waals surface area contributed by atoms with Crippen LogP contribution >= 0.6 is 0 Å². The summed E-state index contributed by atoms with van der Waals surface area (Å²) >= 11 is 0. The SMILES string of the molecule is COc1cc(OC[C@H]2CC23CCN(S(N)(=O)=O)CC3)ccc1F. The fraction of sp³-hybridized carbons (Fsp3) is 0.600.